The minimum absolute atomic E-state index is 0.0758. The van der Waals surface area contributed by atoms with E-state index in [0.29, 0.717) is 11.7 Å². The van der Waals surface area contributed by atoms with E-state index in [0.717, 1.165) is 5.82 Å². The molecule has 1 N–H and O–H groups in total. The molecule has 0 bridgehead atoms. The normalized spacial score (nSPS) is 16.8. The molecule has 0 spiro atoms. The summed E-state index contributed by atoms with van der Waals surface area (Å²) in [7, 11) is 0. The number of carbonyl (C=O) groups excluding carboxylic acids is 1. The van der Waals surface area contributed by atoms with E-state index in [4.69, 9.17) is 0 Å². The molecule has 0 radical (unpaired) electrons. The van der Waals surface area contributed by atoms with Gasteiger partial charge >= 0.3 is 0 Å². The van der Waals surface area contributed by atoms with Crippen LogP contribution in [0.4, 0.5) is 0 Å². The van der Waals surface area contributed by atoms with Crippen LogP contribution in [-0.4, -0.2) is 21.0 Å². The Morgan fingerprint density at radius 1 is 1.64 bits per heavy atom. The van der Waals surface area contributed by atoms with Gasteiger partial charge in [0.05, 0.1) is 0 Å². The third-order valence-electron chi connectivity index (χ3n) is 1.78. The molecule has 1 aromatic rings. The van der Waals surface area contributed by atoms with E-state index in [1.165, 1.54) is 19.8 Å². The van der Waals surface area contributed by atoms with Crippen LogP contribution in [0.1, 0.15) is 42.1 Å². The maximum Gasteiger partial charge on any atom is 0.216 e. The van der Waals surface area contributed by atoms with Gasteiger partial charge in [0.2, 0.25) is 5.82 Å². The first-order valence-corrected chi connectivity index (χ1v) is 3.70. The number of hydrogen-bond acceptors (Lipinski definition) is 3. The van der Waals surface area contributed by atoms with Crippen molar-refractivity contribution in [2.24, 2.45) is 0 Å². The Bertz CT molecular complexity index is 288. The molecule has 1 fully saturated rings. The fraction of sp³-hybridized carbons (Fsp3) is 0.571. The van der Waals surface area contributed by atoms with Crippen molar-refractivity contribution in [2.45, 2.75) is 25.7 Å². The highest BCUT2D eigenvalue weighted by Gasteiger charge is 2.27. The number of nitrogens with one attached hydrogen (secondary N) is 1. The van der Waals surface area contributed by atoms with Crippen molar-refractivity contribution in [3.8, 4) is 0 Å². The van der Waals surface area contributed by atoms with Crippen molar-refractivity contribution < 1.29 is 4.79 Å². The summed E-state index contributed by atoms with van der Waals surface area (Å²) in [5.74, 6) is 1.64. The van der Waals surface area contributed by atoms with Gasteiger partial charge in [-0.3, -0.25) is 9.89 Å². The van der Waals surface area contributed by atoms with Gasteiger partial charge in [-0.05, 0) is 12.8 Å². The van der Waals surface area contributed by atoms with Gasteiger partial charge in [0.15, 0.2) is 5.78 Å². The van der Waals surface area contributed by atoms with Crippen molar-refractivity contribution in [1.29, 1.82) is 0 Å². The van der Waals surface area contributed by atoms with Crippen molar-refractivity contribution >= 4 is 5.78 Å². The van der Waals surface area contributed by atoms with Crippen LogP contribution in [0.25, 0.3) is 0 Å². The average Bonchev–Trinajstić information content (AvgIpc) is 2.68. The van der Waals surface area contributed by atoms with Crippen molar-refractivity contribution in [3.05, 3.63) is 11.6 Å². The molecule has 0 aromatic carbocycles. The minimum Gasteiger partial charge on any atom is -0.291 e. The molecule has 0 unspecified atom stereocenters. The number of aromatic nitrogens is 3. The molecule has 0 amide bonds. The minimum atomic E-state index is -0.0758. The number of aromatic amines is 1. The molecule has 1 heterocycles. The molecule has 0 saturated heterocycles. The molecule has 2 rings (SSSR count). The lowest BCUT2D eigenvalue weighted by molar-refractivity contribution is 0.100. The summed E-state index contributed by atoms with van der Waals surface area (Å²) < 4.78 is 0. The molecule has 4 nitrogen and oxygen atoms in total. The first-order valence-electron chi connectivity index (χ1n) is 3.70. The van der Waals surface area contributed by atoms with E-state index in [1.807, 2.05) is 0 Å². The standard InChI is InChI=1S/C7H9N3O/c1-4(11)6-8-7(10-9-6)5-2-3-5/h5H,2-3H2,1H3,(H,8,9,10). The third kappa shape index (κ3) is 1.15. The number of H-pyrrole nitrogens is 1. The van der Waals surface area contributed by atoms with Crippen LogP contribution >= 0.6 is 0 Å². The molecule has 4 heteroatoms. The van der Waals surface area contributed by atoms with Gasteiger partial charge in [0.1, 0.15) is 5.82 Å². The fourth-order valence-electron chi connectivity index (χ4n) is 0.971. The Kier molecular flexibility index (Phi) is 1.27. The van der Waals surface area contributed by atoms with Crippen LogP contribution < -0.4 is 0 Å². The fourth-order valence-corrected chi connectivity index (χ4v) is 0.971. The quantitative estimate of drug-likeness (QED) is 0.638. The largest absolute Gasteiger partial charge is 0.291 e. The predicted molar refractivity (Wildman–Crippen MR) is 38.4 cm³/mol. The number of rotatable bonds is 2. The van der Waals surface area contributed by atoms with Gasteiger partial charge in [-0.1, -0.05) is 0 Å². The zero-order valence-electron chi connectivity index (χ0n) is 6.29. The average molecular weight is 151 g/mol. The summed E-state index contributed by atoms with van der Waals surface area (Å²) in [5.41, 5.74) is 0. The molecule has 11 heavy (non-hydrogen) atoms. The van der Waals surface area contributed by atoms with E-state index in [9.17, 15) is 4.79 Å². The third-order valence-corrected chi connectivity index (χ3v) is 1.78. The van der Waals surface area contributed by atoms with Crippen LogP contribution in [0, 0.1) is 0 Å². The van der Waals surface area contributed by atoms with Gasteiger partial charge < -0.3 is 0 Å². The monoisotopic (exact) mass is 151 g/mol. The second kappa shape index (κ2) is 2.15. The maximum absolute atomic E-state index is 10.8. The summed E-state index contributed by atoms with van der Waals surface area (Å²) in [6, 6.07) is 0. The molecule has 0 atom stereocenters. The van der Waals surface area contributed by atoms with Gasteiger partial charge in [0.25, 0.3) is 0 Å². The van der Waals surface area contributed by atoms with E-state index in [-0.39, 0.29) is 5.78 Å². The second-order valence-corrected chi connectivity index (χ2v) is 2.87. The molecular formula is C7H9N3O. The number of carbonyl (C=O) groups is 1. The summed E-state index contributed by atoms with van der Waals surface area (Å²) in [6.45, 7) is 1.47. The van der Waals surface area contributed by atoms with Gasteiger partial charge in [-0.25, -0.2) is 4.98 Å². The lowest BCUT2D eigenvalue weighted by atomic mass is 10.4. The van der Waals surface area contributed by atoms with E-state index >= 15 is 0 Å². The van der Waals surface area contributed by atoms with Crippen LogP contribution in [0.15, 0.2) is 0 Å². The summed E-state index contributed by atoms with van der Waals surface area (Å²) >= 11 is 0. The van der Waals surface area contributed by atoms with E-state index in [2.05, 4.69) is 15.2 Å². The molecule has 1 aliphatic carbocycles. The number of hydrogen-bond donors (Lipinski definition) is 1. The van der Waals surface area contributed by atoms with Crippen LogP contribution in [0.2, 0.25) is 0 Å². The molecule has 58 valence electrons. The highest BCUT2D eigenvalue weighted by atomic mass is 16.1. The molecule has 1 aromatic heterocycles. The highest BCUT2D eigenvalue weighted by Crippen LogP contribution is 2.37. The zero-order valence-corrected chi connectivity index (χ0v) is 6.29. The van der Waals surface area contributed by atoms with Gasteiger partial charge in [0, 0.05) is 12.8 Å². The smallest absolute Gasteiger partial charge is 0.216 e. The SMILES string of the molecule is CC(=O)c1n[nH]c(C2CC2)n1. The molecule has 1 aliphatic rings. The van der Waals surface area contributed by atoms with Crippen molar-refractivity contribution in [2.75, 3.05) is 0 Å². The first-order chi connectivity index (χ1) is 5.27. The Morgan fingerprint density at radius 2 is 2.36 bits per heavy atom. The number of nitrogens with zero attached hydrogens (tertiary/aromatic N) is 2. The van der Waals surface area contributed by atoms with Crippen LogP contribution in [0.5, 0.6) is 0 Å². The Hall–Kier alpha value is -1.19. The van der Waals surface area contributed by atoms with E-state index in [1.54, 1.807) is 0 Å². The predicted octanol–water partition coefficient (Wildman–Crippen LogP) is 0.885. The number of Topliss-reactive ketones (excluding diaryl/α,β-unsaturated/α-hetero) is 1. The number of ketones is 1. The molecule has 1 saturated carbocycles. The Morgan fingerprint density at radius 3 is 2.82 bits per heavy atom. The van der Waals surface area contributed by atoms with Gasteiger partial charge in [-0.2, -0.15) is 5.10 Å². The highest BCUT2D eigenvalue weighted by molar-refractivity contribution is 5.90. The Balaban J connectivity index is 2.25. The van der Waals surface area contributed by atoms with Crippen LogP contribution in [-0.2, 0) is 0 Å². The van der Waals surface area contributed by atoms with Crippen molar-refractivity contribution in [1.82, 2.24) is 15.2 Å². The topological polar surface area (TPSA) is 58.6 Å². The van der Waals surface area contributed by atoms with Crippen molar-refractivity contribution in [3.63, 3.8) is 0 Å². The summed E-state index contributed by atoms with van der Waals surface area (Å²) in [4.78, 5) is 14.8. The summed E-state index contributed by atoms with van der Waals surface area (Å²) in [6.07, 6.45) is 2.35. The van der Waals surface area contributed by atoms with E-state index < -0.39 is 0 Å². The zero-order chi connectivity index (χ0) is 7.84. The second-order valence-electron chi connectivity index (χ2n) is 2.87. The van der Waals surface area contributed by atoms with Crippen LogP contribution in [0.3, 0.4) is 0 Å². The lowest BCUT2D eigenvalue weighted by Gasteiger charge is -1.82. The summed E-state index contributed by atoms with van der Waals surface area (Å²) in [5, 5.41) is 6.56. The molecule has 0 aliphatic heterocycles. The molecular weight excluding hydrogens is 142 g/mol. The Labute approximate surface area is 64.0 Å². The van der Waals surface area contributed by atoms with Gasteiger partial charge in [-0.15, -0.1) is 0 Å². The lowest BCUT2D eigenvalue weighted by Crippen LogP contribution is -1.94. The maximum atomic E-state index is 10.8. The first kappa shape index (κ1) is 6.52.